The molecule has 10 heteroatoms. The average molecular weight is 455 g/mol. The van der Waals surface area contributed by atoms with Crippen LogP contribution < -0.4 is 5.32 Å². The van der Waals surface area contributed by atoms with Crippen molar-refractivity contribution in [3.63, 3.8) is 0 Å². The van der Waals surface area contributed by atoms with Crippen LogP contribution in [0.1, 0.15) is 6.42 Å². The Morgan fingerprint density at radius 3 is 2.88 bits per heavy atom. The molecule has 3 aromatic heterocycles. The van der Waals surface area contributed by atoms with Crippen LogP contribution in [0.2, 0.25) is 5.02 Å². The van der Waals surface area contributed by atoms with Gasteiger partial charge in [-0.1, -0.05) is 11.6 Å². The van der Waals surface area contributed by atoms with Crippen molar-refractivity contribution in [3.05, 3.63) is 65.8 Å². The van der Waals surface area contributed by atoms with Crippen LogP contribution in [-0.4, -0.2) is 49.9 Å². The number of aromatic nitrogens is 4. The number of fused-ring (bicyclic) bond motifs is 1. The van der Waals surface area contributed by atoms with E-state index in [1.807, 2.05) is 6.07 Å². The van der Waals surface area contributed by atoms with Gasteiger partial charge in [0.05, 0.1) is 17.3 Å². The smallest absolute Gasteiger partial charge is 0.321 e. The quantitative estimate of drug-likeness (QED) is 0.480. The summed E-state index contributed by atoms with van der Waals surface area (Å²) >= 11 is 6.23. The van der Waals surface area contributed by atoms with Gasteiger partial charge in [0.15, 0.2) is 5.65 Å². The zero-order valence-corrected chi connectivity index (χ0v) is 17.4. The summed E-state index contributed by atoms with van der Waals surface area (Å²) in [5.41, 5.74) is 2.23. The molecule has 1 saturated heterocycles. The first-order valence-corrected chi connectivity index (χ1v) is 10.3. The molecule has 5 rings (SSSR count). The van der Waals surface area contributed by atoms with E-state index in [0.29, 0.717) is 46.0 Å². The third-order valence-corrected chi connectivity index (χ3v) is 5.56. The summed E-state index contributed by atoms with van der Waals surface area (Å²) < 4.78 is 29.3. The van der Waals surface area contributed by atoms with Crippen molar-refractivity contribution < 1.29 is 13.6 Å². The van der Waals surface area contributed by atoms with E-state index in [-0.39, 0.29) is 12.2 Å². The SMILES string of the molecule is O=C(Nc1ccc(F)c(-n2cc3cc(-c4ncccc4Cl)cnc3n2)c1)N1CC[C@@H](F)C1. The van der Waals surface area contributed by atoms with E-state index in [9.17, 15) is 13.6 Å². The second kappa shape index (κ2) is 8.16. The highest BCUT2D eigenvalue weighted by Crippen LogP contribution is 2.28. The molecule has 7 nitrogen and oxygen atoms in total. The Kier molecular flexibility index (Phi) is 5.18. The van der Waals surface area contributed by atoms with Crippen molar-refractivity contribution in [1.29, 1.82) is 0 Å². The summed E-state index contributed by atoms with van der Waals surface area (Å²) in [4.78, 5) is 22.4. The second-order valence-corrected chi connectivity index (χ2v) is 7.88. The van der Waals surface area contributed by atoms with Gasteiger partial charge in [-0.25, -0.2) is 23.2 Å². The fourth-order valence-electron chi connectivity index (χ4n) is 3.64. The zero-order valence-electron chi connectivity index (χ0n) is 16.7. The zero-order chi connectivity index (χ0) is 22.2. The van der Waals surface area contributed by atoms with Crippen LogP contribution in [0.15, 0.2) is 55.0 Å². The summed E-state index contributed by atoms with van der Waals surface area (Å²) in [6.07, 6.45) is 4.19. The molecule has 4 heterocycles. The summed E-state index contributed by atoms with van der Waals surface area (Å²) in [5, 5.41) is 8.20. The lowest BCUT2D eigenvalue weighted by atomic mass is 10.1. The number of hydrogen-bond donors (Lipinski definition) is 1. The average Bonchev–Trinajstić information content (AvgIpc) is 3.41. The maximum absolute atomic E-state index is 14.6. The number of hydrogen-bond acceptors (Lipinski definition) is 4. The number of halogens is 3. The molecule has 1 aromatic carbocycles. The van der Waals surface area contributed by atoms with Crippen molar-refractivity contribution in [2.24, 2.45) is 0 Å². The number of carbonyl (C=O) groups excluding carboxylic acids is 1. The fraction of sp³-hybridized carbons (Fsp3) is 0.182. The maximum atomic E-state index is 14.6. The summed E-state index contributed by atoms with van der Waals surface area (Å²) in [6.45, 7) is 0.401. The molecule has 0 aliphatic carbocycles. The molecule has 0 saturated carbocycles. The lowest BCUT2D eigenvalue weighted by molar-refractivity contribution is 0.218. The molecule has 32 heavy (non-hydrogen) atoms. The van der Waals surface area contributed by atoms with E-state index in [0.717, 1.165) is 0 Å². The number of benzene rings is 1. The number of nitrogens with one attached hydrogen (secondary N) is 1. The minimum absolute atomic E-state index is 0.0543. The molecule has 1 N–H and O–H groups in total. The minimum atomic E-state index is -1.01. The highest BCUT2D eigenvalue weighted by Gasteiger charge is 2.26. The molecule has 2 amide bonds. The normalized spacial score (nSPS) is 16.0. The molecular weight excluding hydrogens is 438 g/mol. The Balaban J connectivity index is 1.45. The molecule has 0 unspecified atom stereocenters. The molecule has 162 valence electrons. The van der Waals surface area contributed by atoms with Crippen molar-refractivity contribution in [2.75, 3.05) is 18.4 Å². The first kappa shape index (κ1) is 20.3. The number of urea groups is 1. The molecule has 1 aliphatic rings. The molecule has 0 spiro atoms. The number of alkyl halides is 1. The molecular formula is C22H17ClF2N6O. The van der Waals surface area contributed by atoms with E-state index in [1.54, 1.807) is 30.7 Å². The van der Waals surface area contributed by atoms with Crippen molar-refractivity contribution in [3.8, 4) is 16.9 Å². The highest BCUT2D eigenvalue weighted by molar-refractivity contribution is 6.33. The number of carbonyl (C=O) groups is 1. The lowest BCUT2D eigenvalue weighted by Gasteiger charge is -2.16. The number of pyridine rings is 2. The van der Waals surface area contributed by atoms with Crippen LogP contribution in [0.3, 0.4) is 0 Å². The minimum Gasteiger partial charge on any atom is -0.322 e. The number of nitrogens with zero attached hydrogens (tertiary/aromatic N) is 5. The van der Waals surface area contributed by atoms with E-state index >= 15 is 0 Å². The van der Waals surface area contributed by atoms with E-state index in [1.165, 1.54) is 27.8 Å². The van der Waals surface area contributed by atoms with Crippen molar-refractivity contribution >= 4 is 34.4 Å². The van der Waals surface area contributed by atoms with Crippen LogP contribution >= 0.6 is 11.6 Å². The summed E-state index contributed by atoms with van der Waals surface area (Å²) in [6, 6.07) is 9.04. The Bertz CT molecular complexity index is 1330. The van der Waals surface area contributed by atoms with Gasteiger partial charge in [0.2, 0.25) is 0 Å². The van der Waals surface area contributed by atoms with E-state index < -0.39 is 18.0 Å². The first-order valence-electron chi connectivity index (χ1n) is 9.94. The fourth-order valence-corrected chi connectivity index (χ4v) is 3.87. The van der Waals surface area contributed by atoms with Crippen LogP contribution in [0.25, 0.3) is 28.0 Å². The van der Waals surface area contributed by atoms with E-state index in [4.69, 9.17) is 11.6 Å². The maximum Gasteiger partial charge on any atom is 0.321 e. The largest absolute Gasteiger partial charge is 0.322 e. The van der Waals surface area contributed by atoms with Gasteiger partial charge in [0.1, 0.15) is 17.7 Å². The highest BCUT2D eigenvalue weighted by atomic mass is 35.5. The monoisotopic (exact) mass is 454 g/mol. The van der Waals surface area contributed by atoms with E-state index in [2.05, 4.69) is 20.4 Å². The van der Waals surface area contributed by atoms with Crippen LogP contribution in [0, 0.1) is 5.82 Å². The standard InChI is InChI=1S/C22H17ClF2N6O/c23-17-2-1-6-26-20(17)13-8-14-11-31(29-21(14)27-10-13)19-9-16(3-4-18(19)25)28-22(32)30-7-5-15(24)12-30/h1-4,6,8-11,15H,5,7,12H2,(H,28,32)/t15-/m1/s1. The van der Waals surface area contributed by atoms with Gasteiger partial charge < -0.3 is 10.2 Å². The molecule has 1 atom stereocenters. The van der Waals surface area contributed by atoms with Crippen LogP contribution in [0.4, 0.5) is 19.3 Å². The summed E-state index contributed by atoms with van der Waals surface area (Å²) in [7, 11) is 0. The third kappa shape index (κ3) is 3.87. The number of amides is 2. The molecule has 4 aromatic rings. The number of anilines is 1. The van der Waals surface area contributed by atoms with Gasteiger partial charge in [-0.15, -0.1) is 5.10 Å². The summed E-state index contributed by atoms with van der Waals surface area (Å²) in [5.74, 6) is -0.520. The first-order chi connectivity index (χ1) is 15.5. The molecule has 0 bridgehead atoms. The molecule has 1 fully saturated rings. The van der Waals surface area contributed by atoms with Gasteiger partial charge in [-0.3, -0.25) is 4.98 Å². The lowest BCUT2D eigenvalue weighted by Crippen LogP contribution is -2.33. The predicted octanol–water partition coefficient (Wildman–Crippen LogP) is 4.85. The molecule has 0 radical (unpaired) electrons. The number of rotatable bonds is 3. The van der Waals surface area contributed by atoms with Crippen molar-refractivity contribution in [2.45, 2.75) is 12.6 Å². The van der Waals surface area contributed by atoms with Gasteiger partial charge in [0, 0.05) is 41.8 Å². The Hall–Kier alpha value is -3.59. The van der Waals surface area contributed by atoms with Gasteiger partial charge in [-0.05, 0) is 42.8 Å². The van der Waals surface area contributed by atoms with Gasteiger partial charge >= 0.3 is 6.03 Å². The van der Waals surface area contributed by atoms with Crippen LogP contribution in [-0.2, 0) is 0 Å². The number of likely N-dealkylation sites (tertiary alicyclic amines) is 1. The Morgan fingerprint density at radius 2 is 2.09 bits per heavy atom. The Morgan fingerprint density at radius 1 is 1.22 bits per heavy atom. The predicted molar refractivity (Wildman–Crippen MR) is 117 cm³/mol. The second-order valence-electron chi connectivity index (χ2n) is 7.47. The Labute approximate surface area is 186 Å². The van der Waals surface area contributed by atoms with Crippen molar-refractivity contribution in [1.82, 2.24) is 24.6 Å². The topological polar surface area (TPSA) is 75.9 Å². The molecule has 1 aliphatic heterocycles. The third-order valence-electron chi connectivity index (χ3n) is 5.25. The van der Waals surface area contributed by atoms with Crippen LogP contribution in [0.5, 0.6) is 0 Å². The van der Waals surface area contributed by atoms with Gasteiger partial charge in [-0.2, -0.15) is 0 Å². The van der Waals surface area contributed by atoms with Gasteiger partial charge in [0.25, 0.3) is 0 Å².